The highest BCUT2D eigenvalue weighted by Crippen LogP contribution is 2.42. The average Bonchev–Trinajstić information content (AvgIpc) is 3.24. The van der Waals surface area contributed by atoms with Crippen LogP contribution in [0, 0.1) is 0 Å². The Balaban J connectivity index is 2.04. The van der Waals surface area contributed by atoms with E-state index in [1.54, 1.807) is 24.3 Å². The molecule has 14 nitrogen and oxygen atoms in total. The van der Waals surface area contributed by atoms with Crippen molar-refractivity contribution in [3.63, 3.8) is 0 Å². The number of ether oxygens (including phenoxy) is 5. The molecule has 0 spiro atoms. The van der Waals surface area contributed by atoms with Gasteiger partial charge in [-0.25, -0.2) is 10.0 Å². The molecule has 0 bridgehead atoms. The Morgan fingerprint density at radius 2 is 1.59 bits per heavy atom. The van der Waals surface area contributed by atoms with Crippen molar-refractivity contribution in [1.29, 1.82) is 0 Å². The number of benzene rings is 1. The predicted molar refractivity (Wildman–Crippen MR) is 149 cm³/mol. The number of aliphatic imine (C=N–C) groups is 1. The zero-order chi connectivity index (χ0) is 30.3. The summed E-state index contributed by atoms with van der Waals surface area (Å²) in [6.07, 6.45) is -9.71. The molecule has 2 aliphatic heterocycles. The molecular weight excluding hydrogens is 601 g/mol. The molecule has 1 aromatic rings. The summed E-state index contributed by atoms with van der Waals surface area (Å²) in [5.41, 5.74) is 0. The summed E-state index contributed by atoms with van der Waals surface area (Å²) in [6, 6.07) is 8.91. The molecule has 0 aliphatic carbocycles. The summed E-state index contributed by atoms with van der Waals surface area (Å²) >= 11 is 6.81. The smallest absolute Gasteiger partial charge is 0.303 e. The summed E-state index contributed by atoms with van der Waals surface area (Å²) in [7, 11) is 1.42. The van der Waals surface area contributed by atoms with Crippen LogP contribution in [0.3, 0.4) is 0 Å². The zero-order valence-electron chi connectivity index (χ0n) is 22.8. The first-order chi connectivity index (χ1) is 19.3. The number of rotatable bonds is 10. The molecule has 6 atom stereocenters. The van der Waals surface area contributed by atoms with Crippen molar-refractivity contribution in [3.8, 4) is 0 Å². The molecule has 1 aromatic carbocycles. The van der Waals surface area contributed by atoms with Gasteiger partial charge in [0.1, 0.15) is 12.7 Å². The van der Waals surface area contributed by atoms with E-state index >= 15 is 0 Å². The highest BCUT2D eigenvalue weighted by molar-refractivity contribution is 8.16. The van der Waals surface area contributed by atoms with E-state index in [4.69, 9.17) is 40.0 Å². The minimum atomic E-state index is -2.97. The van der Waals surface area contributed by atoms with E-state index in [1.165, 1.54) is 14.0 Å². The van der Waals surface area contributed by atoms with Crippen LogP contribution in [0.4, 0.5) is 0 Å². The third-order valence-corrected chi connectivity index (χ3v) is 9.77. The van der Waals surface area contributed by atoms with E-state index in [1.807, 2.05) is 6.07 Å². The number of amidine groups is 1. The Bertz CT molecular complexity index is 1250. The van der Waals surface area contributed by atoms with Crippen molar-refractivity contribution in [1.82, 2.24) is 10.2 Å². The molecule has 0 saturated carbocycles. The molecule has 1 amide bonds. The fraction of sp³-hybridized carbons (Fsp3) is 0.500. The van der Waals surface area contributed by atoms with Gasteiger partial charge in [0.15, 0.2) is 36.1 Å². The molecule has 224 valence electrons. The lowest BCUT2D eigenvalue weighted by molar-refractivity contribution is -0.251. The number of hydrogen-bond donors (Lipinski definition) is 1. The normalized spacial score (nSPS) is 26.7. The Morgan fingerprint density at radius 1 is 1.00 bits per heavy atom. The average molecular weight is 632 g/mol. The summed E-state index contributed by atoms with van der Waals surface area (Å²) < 4.78 is 33.0. The van der Waals surface area contributed by atoms with Gasteiger partial charge in [0.05, 0.1) is 5.75 Å². The van der Waals surface area contributed by atoms with Crippen LogP contribution in [0.2, 0.25) is 0 Å². The first-order valence-corrected chi connectivity index (χ1v) is 15.9. The highest BCUT2D eigenvalue weighted by atomic mass is 32.4. The van der Waals surface area contributed by atoms with Crippen molar-refractivity contribution < 1.29 is 52.2 Å². The fourth-order valence-electron chi connectivity index (χ4n) is 3.93. The monoisotopic (exact) mass is 631 g/mol. The van der Waals surface area contributed by atoms with Crippen LogP contribution in [0.1, 0.15) is 27.7 Å². The third-order valence-electron chi connectivity index (χ3n) is 5.55. The lowest BCUT2D eigenvalue weighted by Gasteiger charge is -2.43. The molecule has 17 heteroatoms. The Morgan fingerprint density at radius 3 is 2.15 bits per heavy atom. The van der Waals surface area contributed by atoms with Gasteiger partial charge in [-0.3, -0.25) is 24.0 Å². The number of carbonyl (C=O) groups is 5. The summed E-state index contributed by atoms with van der Waals surface area (Å²) in [4.78, 5) is 65.1. The number of carbonyl (C=O) groups excluding carboxylic acids is 5. The first-order valence-electron chi connectivity index (χ1n) is 12.2. The molecule has 41 heavy (non-hydrogen) atoms. The van der Waals surface area contributed by atoms with E-state index in [2.05, 4.69) is 10.2 Å². The first kappa shape index (κ1) is 32.6. The molecule has 0 radical (unpaired) electrons. The van der Waals surface area contributed by atoms with Crippen LogP contribution < -0.4 is 10.5 Å². The molecule has 3 rings (SSSR count). The highest BCUT2D eigenvalue weighted by Gasteiger charge is 2.53. The number of amides is 1. The standard InChI is InChI=1S/C24H30N3O11PS2/c1-13(28)34-11-18-20(35-14(2)29)21(36-15(3)30)22(37-16(4)31)23(38-18)25-24-27(19(32)12-41-24)26-39(40,33-5)17-9-7-6-8-10-17/h6-10,18,20-23H,11-12H2,1-5H3,(H,26,40)/b25-24+/t18-,20-,21+,22-,23-,39?/m1/s1. The maximum Gasteiger partial charge on any atom is 0.303 e. The van der Waals surface area contributed by atoms with Crippen LogP contribution in [0.25, 0.3) is 0 Å². The SMILES string of the molecule is COP(=S)(NN1C(=O)CS/C1=N/[C@@H]1O[C@H](COC(C)=O)[C@@H](OC(C)=O)[C@H](OC(C)=O)[C@H]1OC(C)=O)c1ccccc1. The van der Waals surface area contributed by atoms with Crippen molar-refractivity contribution in [2.45, 2.75) is 58.3 Å². The number of esters is 4. The summed E-state index contributed by atoms with van der Waals surface area (Å²) in [6.45, 7) is 4.12. The Kier molecular flexibility index (Phi) is 11.4. The molecule has 2 heterocycles. The maximum atomic E-state index is 12.9. The van der Waals surface area contributed by atoms with Gasteiger partial charge in [0, 0.05) is 40.1 Å². The van der Waals surface area contributed by atoms with Gasteiger partial charge in [-0.1, -0.05) is 42.1 Å². The number of hydrogen-bond acceptors (Lipinski definition) is 14. The molecular formula is C24H30N3O11PS2. The molecule has 1 unspecified atom stereocenters. The van der Waals surface area contributed by atoms with Crippen molar-refractivity contribution in [3.05, 3.63) is 30.3 Å². The van der Waals surface area contributed by atoms with Gasteiger partial charge in [-0.15, -0.1) is 0 Å². The number of hydrazine groups is 1. The minimum absolute atomic E-state index is 0.00898. The van der Waals surface area contributed by atoms with Crippen molar-refractivity contribution >= 4 is 70.2 Å². The van der Waals surface area contributed by atoms with Crippen LogP contribution in [-0.4, -0.2) is 90.1 Å². The van der Waals surface area contributed by atoms with Gasteiger partial charge < -0.3 is 28.2 Å². The molecule has 2 fully saturated rings. The minimum Gasteiger partial charge on any atom is -0.463 e. The van der Waals surface area contributed by atoms with E-state index in [0.29, 0.717) is 5.30 Å². The van der Waals surface area contributed by atoms with Gasteiger partial charge in [0.25, 0.3) is 5.91 Å². The van der Waals surface area contributed by atoms with Gasteiger partial charge in [0.2, 0.25) is 0 Å². The van der Waals surface area contributed by atoms with Gasteiger partial charge >= 0.3 is 23.9 Å². The quantitative estimate of drug-likeness (QED) is 0.219. The lowest BCUT2D eigenvalue weighted by Crippen LogP contribution is -2.62. The topological polar surface area (TPSA) is 168 Å². The Hall–Kier alpha value is -2.88. The molecule has 2 aliphatic rings. The van der Waals surface area contributed by atoms with E-state index in [9.17, 15) is 24.0 Å². The van der Waals surface area contributed by atoms with Crippen LogP contribution in [0.5, 0.6) is 0 Å². The second-order valence-corrected chi connectivity index (χ2v) is 13.4. The second kappa shape index (κ2) is 14.3. The van der Waals surface area contributed by atoms with Crippen molar-refractivity contribution in [2.75, 3.05) is 19.5 Å². The van der Waals surface area contributed by atoms with Gasteiger partial charge in [-0.05, 0) is 11.8 Å². The predicted octanol–water partition coefficient (Wildman–Crippen LogP) is 0.787. The summed E-state index contributed by atoms with van der Waals surface area (Å²) in [5, 5.41) is 4.86. The summed E-state index contributed by atoms with van der Waals surface area (Å²) in [5.74, 6) is -3.35. The number of thioether (sulfide) groups is 1. The van der Waals surface area contributed by atoms with Gasteiger partial charge in [-0.2, -0.15) is 5.20 Å². The third kappa shape index (κ3) is 8.56. The fourth-order valence-corrected chi connectivity index (χ4v) is 6.89. The van der Waals surface area contributed by atoms with Crippen LogP contribution in [-0.2, 0) is 64.0 Å². The molecule has 0 aromatic heterocycles. The van der Waals surface area contributed by atoms with E-state index < -0.39 is 67.5 Å². The number of nitrogens with zero attached hydrogens (tertiary/aromatic N) is 2. The second-order valence-electron chi connectivity index (χ2n) is 8.69. The molecule has 1 N–H and O–H groups in total. The maximum absolute atomic E-state index is 12.9. The molecule has 2 saturated heterocycles. The Labute approximate surface area is 245 Å². The largest absolute Gasteiger partial charge is 0.463 e. The lowest BCUT2D eigenvalue weighted by atomic mass is 9.97. The number of nitrogens with one attached hydrogen (secondary N) is 1. The zero-order valence-corrected chi connectivity index (χ0v) is 25.4. The van der Waals surface area contributed by atoms with Crippen LogP contribution >= 0.6 is 18.2 Å². The van der Waals surface area contributed by atoms with Crippen LogP contribution in [0.15, 0.2) is 35.3 Å². The van der Waals surface area contributed by atoms with E-state index in [-0.39, 0.29) is 16.8 Å². The van der Waals surface area contributed by atoms with E-state index in [0.717, 1.165) is 37.5 Å². The van der Waals surface area contributed by atoms with Crippen molar-refractivity contribution in [2.24, 2.45) is 4.99 Å².